The molecule has 5 nitrogen and oxygen atoms in total. The molecule has 2 aromatic rings. The van der Waals surface area contributed by atoms with Crippen LogP contribution in [0.15, 0.2) is 35.6 Å². The van der Waals surface area contributed by atoms with E-state index in [-0.39, 0.29) is 0 Å². The van der Waals surface area contributed by atoms with Crippen molar-refractivity contribution in [3.05, 3.63) is 36.3 Å². The molecule has 1 saturated carbocycles. The van der Waals surface area contributed by atoms with Gasteiger partial charge in [-0.15, -0.1) is 0 Å². The summed E-state index contributed by atoms with van der Waals surface area (Å²) in [6.45, 7) is 4.21. The zero-order valence-electron chi connectivity index (χ0n) is 15.9. The quantitative estimate of drug-likeness (QED) is 0.824. The van der Waals surface area contributed by atoms with Crippen molar-refractivity contribution in [1.82, 2.24) is 14.3 Å². The molecule has 0 radical (unpaired) electrons. The molecule has 0 saturated heterocycles. The van der Waals surface area contributed by atoms with Gasteiger partial charge in [0.25, 0.3) is 0 Å². The number of benzene rings is 1. The Hall–Kier alpha value is -1.66. The van der Waals surface area contributed by atoms with Crippen LogP contribution < -0.4 is 4.72 Å². The topological polar surface area (TPSA) is 64.0 Å². The molecule has 1 fully saturated rings. The highest BCUT2D eigenvalue weighted by molar-refractivity contribution is 7.89. The Morgan fingerprint density at radius 2 is 1.96 bits per heavy atom. The fraction of sp³-hybridized carbons (Fsp3) is 0.550. The highest BCUT2D eigenvalue weighted by Gasteiger charge is 2.20. The zero-order valence-corrected chi connectivity index (χ0v) is 16.7. The van der Waals surface area contributed by atoms with Gasteiger partial charge in [0.05, 0.1) is 16.9 Å². The third-order valence-corrected chi connectivity index (χ3v) is 6.78. The first-order valence-corrected chi connectivity index (χ1v) is 11.0. The van der Waals surface area contributed by atoms with E-state index in [9.17, 15) is 8.42 Å². The van der Waals surface area contributed by atoms with E-state index >= 15 is 0 Å². The molecule has 1 aromatic carbocycles. The number of sulfonamides is 1. The molecule has 0 atom stereocenters. The Bertz CT molecular complexity index is 850. The predicted octanol–water partition coefficient (Wildman–Crippen LogP) is 4.16. The van der Waals surface area contributed by atoms with Crippen LogP contribution in [-0.4, -0.2) is 25.0 Å². The Balaban J connectivity index is 2.01. The Morgan fingerprint density at radius 3 is 2.58 bits per heavy atom. The Labute approximate surface area is 156 Å². The number of aromatic nitrogens is 2. The van der Waals surface area contributed by atoms with Gasteiger partial charge in [0.2, 0.25) is 10.0 Å². The number of rotatable bonds is 6. The molecule has 0 amide bonds. The van der Waals surface area contributed by atoms with Crippen LogP contribution in [0.3, 0.4) is 0 Å². The summed E-state index contributed by atoms with van der Waals surface area (Å²) < 4.78 is 29.0. The monoisotopic (exact) mass is 375 g/mol. The molecule has 1 heterocycles. The summed E-state index contributed by atoms with van der Waals surface area (Å²) in [7, 11) is -2.03. The lowest BCUT2D eigenvalue weighted by Gasteiger charge is -2.22. The van der Waals surface area contributed by atoms with Crippen LogP contribution in [0.1, 0.15) is 57.6 Å². The number of nitrogens with zero attached hydrogens (tertiary/aromatic N) is 2. The van der Waals surface area contributed by atoms with Gasteiger partial charge in [-0.2, -0.15) is 0 Å². The van der Waals surface area contributed by atoms with E-state index in [0.29, 0.717) is 16.9 Å². The first kappa shape index (κ1) is 19.1. The molecule has 0 aliphatic heterocycles. The van der Waals surface area contributed by atoms with Gasteiger partial charge in [-0.3, -0.25) is 0 Å². The molecule has 6 heteroatoms. The standard InChI is InChI=1S/C20H29N3O2S/c1-15(2)23-13-20(22-14-23)19-12-18(26(24,25)21-3)10-9-17(19)11-16-7-5-4-6-8-16/h9-10,12-16,21H,4-8,11H2,1-3H3. The third kappa shape index (κ3) is 4.18. The van der Waals surface area contributed by atoms with Crippen molar-refractivity contribution in [2.75, 3.05) is 7.05 Å². The second-order valence-electron chi connectivity index (χ2n) is 7.53. The van der Waals surface area contributed by atoms with E-state index in [1.807, 2.05) is 18.6 Å². The van der Waals surface area contributed by atoms with Crippen molar-refractivity contribution in [3.63, 3.8) is 0 Å². The number of imidazole rings is 1. The van der Waals surface area contributed by atoms with Gasteiger partial charge >= 0.3 is 0 Å². The van der Waals surface area contributed by atoms with Gasteiger partial charge in [-0.1, -0.05) is 38.2 Å². The highest BCUT2D eigenvalue weighted by Crippen LogP contribution is 2.32. The van der Waals surface area contributed by atoms with Crippen LogP contribution in [0.4, 0.5) is 0 Å². The van der Waals surface area contributed by atoms with Crippen LogP contribution in [0, 0.1) is 5.92 Å². The lowest BCUT2D eigenvalue weighted by Crippen LogP contribution is -2.19. The summed E-state index contributed by atoms with van der Waals surface area (Å²) in [4.78, 5) is 4.85. The van der Waals surface area contributed by atoms with E-state index in [4.69, 9.17) is 0 Å². The normalized spacial score (nSPS) is 16.3. The minimum Gasteiger partial charge on any atom is -0.334 e. The minimum atomic E-state index is -3.47. The molecule has 0 spiro atoms. The summed E-state index contributed by atoms with van der Waals surface area (Å²) >= 11 is 0. The second-order valence-corrected chi connectivity index (χ2v) is 9.42. The highest BCUT2D eigenvalue weighted by atomic mass is 32.2. The molecule has 1 N–H and O–H groups in total. The molecular weight excluding hydrogens is 346 g/mol. The molecule has 1 aliphatic rings. The van der Waals surface area contributed by atoms with E-state index in [0.717, 1.165) is 17.7 Å². The van der Waals surface area contributed by atoms with Crippen LogP contribution in [0.5, 0.6) is 0 Å². The molecular formula is C20H29N3O2S. The maximum Gasteiger partial charge on any atom is 0.240 e. The van der Waals surface area contributed by atoms with Crippen LogP contribution in [-0.2, 0) is 16.4 Å². The van der Waals surface area contributed by atoms with Crippen molar-refractivity contribution < 1.29 is 8.42 Å². The fourth-order valence-electron chi connectivity index (χ4n) is 3.72. The van der Waals surface area contributed by atoms with Gasteiger partial charge in [0.15, 0.2) is 0 Å². The average molecular weight is 376 g/mol. The van der Waals surface area contributed by atoms with Crippen LogP contribution in [0.2, 0.25) is 0 Å². The maximum absolute atomic E-state index is 12.3. The van der Waals surface area contributed by atoms with Gasteiger partial charge in [0.1, 0.15) is 0 Å². The smallest absolute Gasteiger partial charge is 0.240 e. The SMILES string of the molecule is CNS(=O)(=O)c1ccc(CC2CCCCC2)c(-c2cn(C(C)C)cn2)c1. The summed E-state index contributed by atoms with van der Waals surface area (Å²) in [6, 6.07) is 5.79. The van der Waals surface area contributed by atoms with Crippen molar-refractivity contribution in [2.24, 2.45) is 5.92 Å². The summed E-state index contributed by atoms with van der Waals surface area (Å²) in [5.41, 5.74) is 2.98. The Kier molecular flexibility index (Phi) is 5.82. The lowest BCUT2D eigenvalue weighted by molar-refractivity contribution is 0.357. The van der Waals surface area contributed by atoms with Gasteiger partial charge in [-0.05, 0) is 50.9 Å². The third-order valence-electron chi connectivity index (χ3n) is 5.37. The average Bonchev–Trinajstić information content (AvgIpc) is 3.13. The lowest BCUT2D eigenvalue weighted by atomic mass is 9.83. The van der Waals surface area contributed by atoms with Crippen molar-refractivity contribution in [2.45, 2.75) is 63.3 Å². The minimum absolute atomic E-state index is 0.293. The molecule has 1 aliphatic carbocycles. The largest absolute Gasteiger partial charge is 0.334 e. The molecule has 142 valence electrons. The molecule has 26 heavy (non-hydrogen) atoms. The number of hydrogen-bond acceptors (Lipinski definition) is 3. The molecule has 3 rings (SSSR count). The van der Waals surface area contributed by atoms with Crippen molar-refractivity contribution in [3.8, 4) is 11.3 Å². The number of hydrogen-bond donors (Lipinski definition) is 1. The van der Waals surface area contributed by atoms with Crippen molar-refractivity contribution >= 4 is 10.0 Å². The van der Waals surface area contributed by atoms with Crippen molar-refractivity contribution in [1.29, 1.82) is 0 Å². The summed E-state index contributed by atoms with van der Waals surface area (Å²) in [5, 5.41) is 0. The second kappa shape index (κ2) is 7.92. The first-order chi connectivity index (χ1) is 12.4. The van der Waals surface area contributed by atoms with Crippen LogP contribution >= 0.6 is 0 Å². The molecule has 0 bridgehead atoms. The van der Waals surface area contributed by atoms with E-state index in [2.05, 4.69) is 28.1 Å². The number of nitrogens with one attached hydrogen (secondary N) is 1. The Morgan fingerprint density at radius 1 is 1.23 bits per heavy atom. The van der Waals surface area contributed by atoms with E-state index in [1.165, 1.54) is 44.7 Å². The fourth-order valence-corrected chi connectivity index (χ4v) is 4.47. The zero-order chi connectivity index (χ0) is 18.7. The van der Waals surface area contributed by atoms with Gasteiger partial charge in [0, 0.05) is 17.8 Å². The summed E-state index contributed by atoms with van der Waals surface area (Å²) in [6.07, 6.45) is 11.3. The van der Waals surface area contributed by atoms with E-state index in [1.54, 1.807) is 12.1 Å². The first-order valence-electron chi connectivity index (χ1n) is 9.51. The van der Waals surface area contributed by atoms with Crippen LogP contribution in [0.25, 0.3) is 11.3 Å². The van der Waals surface area contributed by atoms with E-state index < -0.39 is 10.0 Å². The van der Waals surface area contributed by atoms with Gasteiger partial charge in [-0.25, -0.2) is 18.1 Å². The molecule has 1 aromatic heterocycles. The van der Waals surface area contributed by atoms with Gasteiger partial charge < -0.3 is 4.57 Å². The maximum atomic E-state index is 12.3. The molecule has 0 unspecified atom stereocenters. The summed E-state index contributed by atoms with van der Waals surface area (Å²) in [5.74, 6) is 0.682. The predicted molar refractivity (Wildman–Crippen MR) is 105 cm³/mol.